The van der Waals surface area contributed by atoms with Crippen LogP contribution in [0.25, 0.3) is 0 Å². The Kier molecular flexibility index (Phi) is 4.64. The molecule has 0 radical (unpaired) electrons. The van der Waals surface area contributed by atoms with Gasteiger partial charge in [0, 0.05) is 23.4 Å². The summed E-state index contributed by atoms with van der Waals surface area (Å²) in [4.78, 5) is 26.6. The van der Waals surface area contributed by atoms with Crippen LogP contribution in [0.4, 0.5) is 5.69 Å². The van der Waals surface area contributed by atoms with Gasteiger partial charge >= 0.3 is 0 Å². The lowest BCUT2D eigenvalue weighted by molar-refractivity contribution is -0.116. The van der Waals surface area contributed by atoms with Crippen LogP contribution in [0.1, 0.15) is 43.5 Å². The fourth-order valence-corrected chi connectivity index (χ4v) is 3.11. The first kappa shape index (κ1) is 14.1. The zero-order chi connectivity index (χ0) is 13.8. The molecule has 0 saturated heterocycles. The summed E-state index contributed by atoms with van der Waals surface area (Å²) in [5, 5.41) is 0. The summed E-state index contributed by atoms with van der Waals surface area (Å²) >= 11 is 1.53. The van der Waals surface area contributed by atoms with Gasteiger partial charge in [-0.2, -0.15) is 0 Å². The number of hydrogen-bond donors (Lipinski definition) is 0. The monoisotopic (exact) mass is 277 g/mol. The largest absolute Gasteiger partial charge is 0.311 e. The van der Waals surface area contributed by atoms with E-state index in [0.29, 0.717) is 12.2 Å². The van der Waals surface area contributed by atoms with E-state index < -0.39 is 0 Å². The van der Waals surface area contributed by atoms with Crippen molar-refractivity contribution >= 4 is 29.1 Å². The lowest BCUT2D eigenvalue weighted by Gasteiger charge is -2.29. The van der Waals surface area contributed by atoms with Gasteiger partial charge in [0.2, 0.25) is 5.91 Å². The maximum absolute atomic E-state index is 12.0. The zero-order valence-corrected chi connectivity index (χ0v) is 12.3. The molecule has 0 saturated carbocycles. The number of thioether (sulfide) groups is 1. The van der Waals surface area contributed by atoms with Crippen molar-refractivity contribution in [1.82, 2.24) is 0 Å². The lowest BCUT2D eigenvalue weighted by atomic mass is 10.1. The third-order valence-corrected chi connectivity index (χ3v) is 4.31. The average molecular weight is 277 g/mol. The molecule has 1 aromatic rings. The number of amides is 1. The first-order chi connectivity index (χ1) is 9.17. The van der Waals surface area contributed by atoms with Gasteiger partial charge in [-0.25, -0.2) is 0 Å². The number of anilines is 1. The Labute approximate surface area is 118 Å². The maximum atomic E-state index is 12.0. The summed E-state index contributed by atoms with van der Waals surface area (Å²) in [7, 11) is 0. The van der Waals surface area contributed by atoms with Crippen molar-refractivity contribution in [3.63, 3.8) is 0 Å². The molecule has 1 heterocycles. The number of nitrogens with zero attached hydrogens (tertiary/aromatic N) is 1. The van der Waals surface area contributed by atoms with Crippen molar-refractivity contribution in [3.05, 3.63) is 23.8 Å². The van der Waals surface area contributed by atoms with Gasteiger partial charge in [0.25, 0.3) is 0 Å². The van der Waals surface area contributed by atoms with Crippen molar-refractivity contribution in [3.8, 4) is 0 Å². The van der Waals surface area contributed by atoms with Crippen LogP contribution in [0.15, 0.2) is 23.1 Å². The predicted octanol–water partition coefficient (Wildman–Crippen LogP) is 3.52. The maximum Gasteiger partial charge on any atom is 0.237 e. The number of carbonyl (C=O) groups excluding carboxylic acids is 2. The normalized spacial score (nSPS) is 14.4. The van der Waals surface area contributed by atoms with E-state index in [1.54, 1.807) is 0 Å². The number of fused-ring (bicyclic) bond motifs is 1. The Morgan fingerprint density at radius 1 is 1.37 bits per heavy atom. The van der Waals surface area contributed by atoms with Crippen molar-refractivity contribution < 1.29 is 9.59 Å². The van der Waals surface area contributed by atoms with Crippen LogP contribution >= 0.6 is 11.8 Å². The topological polar surface area (TPSA) is 37.4 Å². The number of unbranched alkanes of at least 4 members (excludes halogenated alkanes) is 1. The molecule has 1 amide bonds. The highest BCUT2D eigenvalue weighted by atomic mass is 32.2. The first-order valence-electron chi connectivity index (χ1n) is 6.77. The van der Waals surface area contributed by atoms with E-state index in [1.165, 1.54) is 11.8 Å². The van der Waals surface area contributed by atoms with Gasteiger partial charge in [0.1, 0.15) is 0 Å². The molecule has 102 valence electrons. The second kappa shape index (κ2) is 6.24. The van der Waals surface area contributed by atoms with Gasteiger partial charge in [-0.3, -0.25) is 9.59 Å². The molecule has 19 heavy (non-hydrogen) atoms. The molecule has 1 aromatic carbocycles. The summed E-state index contributed by atoms with van der Waals surface area (Å²) in [5.41, 5.74) is 1.71. The SMILES string of the molecule is CCCCN1C(=O)CSc2cc(C(=O)CC)ccc21. The van der Waals surface area contributed by atoms with Crippen LogP contribution in [0.2, 0.25) is 0 Å². The molecule has 0 bridgehead atoms. The number of ketones is 1. The quantitative estimate of drug-likeness (QED) is 0.773. The molecule has 1 aliphatic rings. The number of Topliss-reactive ketones (excluding diaryl/α,β-unsaturated/α-hetero) is 1. The summed E-state index contributed by atoms with van der Waals surface area (Å²) in [6.45, 7) is 4.75. The van der Waals surface area contributed by atoms with Gasteiger partial charge in [-0.05, 0) is 24.6 Å². The van der Waals surface area contributed by atoms with E-state index in [1.807, 2.05) is 30.0 Å². The van der Waals surface area contributed by atoms with E-state index in [4.69, 9.17) is 0 Å². The van der Waals surface area contributed by atoms with Crippen molar-refractivity contribution in [2.24, 2.45) is 0 Å². The highest BCUT2D eigenvalue weighted by Gasteiger charge is 2.24. The Balaban J connectivity index is 2.30. The van der Waals surface area contributed by atoms with Crippen LogP contribution < -0.4 is 4.90 Å². The molecule has 1 aliphatic heterocycles. The Hall–Kier alpha value is -1.29. The van der Waals surface area contributed by atoms with Gasteiger partial charge in [0.15, 0.2) is 5.78 Å². The molecule has 0 atom stereocenters. The van der Waals surface area contributed by atoms with Gasteiger partial charge in [-0.15, -0.1) is 11.8 Å². The van der Waals surface area contributed by atoms with Gasteiger partial charge in [0.05, 0.1) is 11.4 Å². The average Bonchev–Trinajstić information content (AvgIpc) is 2.45. The minimum absolute atomic E-state index is 0.153. The summed E-state index contributed by atoms with van der Waals surface area (Å²) < 4.78 is 0. The van der Waals surface area contributed by atoms with Gasteiger partial charge < -0.3 is 4.90 Å². The Bertz CT molecular complexity index is 499. The molecule has 4 heteroatoms. The Morgan fingerprint density at radius 3 is 2.84 bits per heavy atom. The predicted molar refractivity (Wildman–Crippen MR) is 79.0 cm³/mol. The second-order valence-corrected chi connectivity index (χ2v) is 5.66. The molecule has 0 fully saturated rings. The summed E-state index contributed by atoms with van der Waals surface area (Å²) in [6, 6.07) is 5.68. The first-order valence-corrected chi connectivity index (χ1v) is 7.76. The smallest absolute Gasteiger partial charge is 0.237 e. The molecule has 0 N–H and O–H groups in total. The summed E-state index contributed by atoms with van der Waals surface area (Å²) in [5.74, 6) is 0.793. The second-order valence-electron chi connectivity index (χ2n) is 4.65. The highest BCUT2D eigenvalue weighted by molar-refractivity contribution is 8.00. The molecular formula is C15H19NO2S. The van der Waals surface area contributed by atoms with Crippen molar-refractivity contribution in [2.45, 2.75) is 38.0 Å². The lowest BCUT2D eigenvalue weighted by Crippen LogP contribution is -2.36. The molecule has 0 aliphatic carbocycles. The van der Waals surface area contributed by atoms with E-state index in [0.717, 1.165) is 35.5 Å². The van der Waals surface area contributed by atoms with Crippen molar-refractivity contribution in [1.29, 1.82) is 0 Å². The minimum Gasteiger partial charge on any atom is -0.311 e. The third kappa shape index (κ3) is 3.00. The van der Waals surface area contributed by atoms with Gasteiger partial charge in [-0.1, -0.05) is 20.3 Å². The standard InChI is InChI=1S/C15H19NO2S/c1-3-5-8-16-12-7-6-11(13(17)4-2)9-14(12)19-10-15(16)18/h6-7,9H,3-5,8,10H2,1-2H3. The van der Waals surface area contributed by atoms with Crippen LogP contribution in [-0.4, -0.2) is 24.0 Å². The third-order valence-electron chi connectivity index (χ3n) is 3.28. The summed E-state index contributed by atoms with van der Waals surface area (Å²) in [6.07, 6.45) is 2.59. The highest BCUT2D eigenvalue weighted by Crippen LogP contribution is 2.36. The fourth-order valence-electron chi connectivity index (χ4n) is 2.14. The number of hydrogen-bond acceptors (Lipinski definition) is 3. The van der Waals surface area contributed by atoms with E-state index in [2.05, 4.69) is 6.92 Å². The molecule has 2 rings (SSSR count). The fraction of sp³-hybridized carbons (Fsp3) is 0.467. The minimum atomic E-state index is 0.153. The van der Waals surface area contributed by atoms with Crippen molar-refractivity contribution in [2.75, 3.05) is 17.2 Å². The number of rotatable bonds is 5. The molecular weight excluding hydrogens is 258 g/mol. The number of benzene rings is 1. The van der Waals surface area contributed by atoms with E-state index in [-0.39, 0.29) is 11.7 Å². The zero-order valence-electron chi connectivity index (χ0n) is 11.4. The van der Waals surface area contributed by atoms with Crippen LogP contribution in [0, 0.1) is 0 Å². The molecule has 3 nitrogen and oxygen atoms in total. The molecule has 0 aromatic heterocycles. The van der Waals surface area contributed by atoms with E-state index in [9.17, 15) is 9.59 Å². The molecule has 0 spiro atoms. The molecule has 0 unspecified atom stereocenters. The number of carbonyl (C=O) groups is 2. The van der Waals surface area contributed by atoms with Crippen LogP contribution in [0.5, 0.6) is 0 Å². The van der Waals surface area contributed by atoms with E-state index >= 15 is 0 Å². The van der Waals surface area contributed by atoms with Crippen LogP contribution in [0.3, 0.4) is 0 Å². The Morgan fingerprint density at radius 2 is 2.16 bits per heavy atom. The van der Waals surface area contributed by atoms with Crippen LogP contribution in [-0.2, 0) is 4.79 Å².